The maximum atomic E-state index is 13.5. The van der Waals surface area contributed by atoms with Crippen molar-refractivity contribution >= 4 is 11.2 Å². The summed E-state index contributed by atoms with van der Waals surface area (Å²) in [5.74, 6) is 0.615. The highest BCUT2D eigenvalue weighted by molar-refractivity contribution is 5.71. The zero-order valence-electron chi connectivity index (χ0n) is 18.1. The molecule has 0 unspecified atom stereocenters. The summed E-state index contributed by atoms with van der Waals surface area (Å²) < 4.78 is 5.87. The maximum absolute atomic E-state index is 13.5. The Kier molecular flexibility index (Phi) is 5.23. The number of aromatic nitrogens is 5. The largest absolute Gasteiger partial charge is 0.330 e. The zero-order chi connectivity index (χ0) is 20.7. The highest BCUT2D eigenvalue weighted by Gasteiger charge is 2.29. The van der Waals surface area contributed by atoms with Gasteiger partial charge in [-0.2, -0.15) is 5.10 Å². The predicted molar refractivity (Wildman–Crippen MR) is 117 cm³/mol. The summed E-state index contributed by atoms with van der Waals surface area (Å²) in [5.41, 5.74) is 4.32. The number of likely N-dealkylation sites (tertiary alicyclic amines) is 1. The van der Waals surface area contributed by atoms with E-state index in [0.29, 0.717) is 5.92 Å². The number of aryl methyl sites for hydroxylation is 2. The molecule has 5 rings (SSSR count). The second kappa shape index (κ2) is 8.02. The van der Waals surface area contributed by atoms with Crippen LogP contribution in [-0.2, 0) is 20.1 Å². The Morgan fingerprint density at radius 1 is 1.17 bits per heavy atom. The third-order valence-corrected chi connectivity index (χ3v) is 7.01. The summed E-state index contributed by atoms with van der Waals surface area (Å²) in [7, 11) is 1.97. The van der Waals surface area contributed by atoms with Crippen molar-refractivity contribution in [2.24, 2.45) is 13.0 Å². The maximum Gasteiger partial charge on any atom is 0.330 e. The Hall–Kier alpha value is -2.41. The zero-order valence-corrected chi connectivity index (χ0v) is 18.1. The Morgan fingerprint density at radius 2 is 2.00 bits per heavy atom. The van der Waals surface area contributed by atoms with Crippen LogP contribution in [0.3, 0.4) is 0 Å². The van der Waals surface area contributed by atoms with Gasteiger partial charge in [-0.15, -0.1) is 0 Å². The van der Waals surface area contributed by atoms with Crippen molar-refractivity contribution in [1.82, 2.24) is 28.8 Å². The van der Waals surface area contributed by atoms with E-state index in [1.54, 1.807) is 0 Å². The summed E-state index contributed by atoms with van der Waals surface area (Å²) in [6.45, 7) is 5.66. The molecule has 3 aromatic heterocycles. The lowest BCUT2D eigenvalue weighted by Gasteiger charge is -2.21. The monoisotopic (exact) mass is 408 g/mol. The minimum absolute atomic E-state index is 0.124. The molecule has 1 saturated heterocycles. The number of hydrogen-bond donors (Lipinski definition) is 0. The molecule has 7 heteroatoms. The Bertz CT molecular complexity index is 1090. The predicted octanol–water partition coefficient (Wildman–Crippen LogP) is 3.27. The number of rotatable bonds is 5. The van der Waals surface area contributed by atoms with Crippen LogP contribution in [-0.4, -0.2) is 41.9 Å². The number of hydrogen-bond acceptors (Lipinski definition) is 4. The second-order valence-corrected chi connectivity index (χ2v) is 9.20. The lowest BCUT2D eigenvalue weighted by atomic mass is 9.89. The Labute approximate surface area is 177 Å². The summed E-state index contributed by atoms with van der Waals surface area (Å²) in [5, 5.41) is 4.47. The quantitative estimate of drug-likeness (QED) is 0.650. The molecular formula is C23H32N6O. The SMILES string of the molecule is Cc1nn(C)cc1CN1CC[C@@H](n2c(=O)n(CC3CCCCC3)c3cccnc32)C1. The van der Waals surface area contributed by atoms with E-state index in [1.807, 2.05) is 33.1 Å². The van der Waals surface area contributed by atoms with Gasteiger partial charge in [-0.1, -0.05) is 19.3 Å². The van der Waals surface area contributed by atoms with E-state index in [0.717, 1.165) is 49.5 Å². The van der Waals surface area contributed by atoms with Crippen LogP contribution in [0.4, 0.5) is 0 Å². The molecule has 30 heavy (non-hydrogen) atoms. The fourth-order valence-corrected chi connectivity index (χ4v) is 5.45. The normalized spacial score (nSPS) is 21.1. The molecule has 0 aromatic carbocycles. The number of nitrogens with zero attached hydrogens (tertiary/aromatic N) is 6. The highest BCUT2D eigenvalue weighted by Crippen LogP contribution is 2.28. The molecule has 0 N–H and O–H groups in total. The van der Waals surface area contributed by atoms with Gasteiger partial charge in [-0.05, 0) is 44.2 Å². The van der Waals surface area contributed by atoms with Crippen molar-refractivity contribution in [2.45, 2.75) is 64.6 Å². The molecular weight excluding hydrogens is 376 g/mol. The molecule has 2 fully saturated rings. The first-order valence-electron chi connectivity index (χ1n) is 11.4. The first-order chi connectivity index (χ1) is 14.6. The van der Waals surface area contributed by atoms with Crippen LogP contribution in [0.5, 0.6) is 0 Å². The van der Waals surface area contributed by atoms with E-state index in [1.165, 1.54) is 37.7 Å². The molecule has 0 spiro atoms. The fourth-order valence-electron chi connectivity index (χ4n) is 5.45. The van der Waals surface area contributed by atoms with Crippen LogP contribution < -0.4 is 5.69 Å². The molecule has 1 saturated carbocycles. The van der Waals surface area contributed by atoms with Crippen molar-refractivity contribution in [3.05, 3.63) is 46.3 Å². The van der Waals surface area contributed by atoms with E-state index in [9.17, 15) is 4.79 Å². The van der Waals surface area contributed by atoms with Crippen molar-refractivity contribution in [3.8, 4) is 0 Å². The van der Waals surface area contributed by atoms with Gasteiger partial charge < -0.3 is 0 Å². The molecule has 1 aliphatic heterocycles. The lowest BCUT2D eigenvalue weighted by molar-refractivity contribution is 0.308. The minimum atomic E-state index is 0.124. The molecule has 7 nitrogen and oxygen atoms in total. The average Bonchev–Trinajstić information content (AvgIpc) is 3.40. The molecule has 0 radical (unpaired) electrons. The van der Waals surface area contributed by atoms with Gasteiger partial charge in [0.2, 0.25) is 0 Å². The lowest BCUT2D eigenvalue weighted by Crippen LogP contribution is -2.31. The second-order valence-electron chi connectivity index (χ2n) is 9.20. The van der Waals surface area contributed by atoms with Crippen molar-refractivity contribution in [2.75, 3.05) is 13.1 Å². The number of imidazole rings is 1. The molecule has 3 aromatic rings. The standard InChI is InChI=1S/C23H32N6O/c1-17-19(14-26(2)25-17)15-27-12-10-20(16-27)29-22-21(9-6-11-24-22)28(23(29)30)13-18-7-4-3-5-8-18/h6,9,11,14,18,20H,3-5,7-8,10,12-13,15-16H2,1-2H3/t20-/m1/s1. The van der Waals surface area contributed by atoms with Gasteiger partial charge in [-0.25, -0.2) is 9.78 Å². The van der Waals surface area contributed by atoms with Crippen LogP contribution in [0.25, 0.3) is 11.2 Å². The fraction of sp³-hybridized carbons (Fsp3) is 0.609. The van der Waals surface area contributed by atoms with Crippen LogP contribution in [0.15, 0.2) is 29.3 Å². The van der Waals surface area contributed by atoms with Gasteiger partial charge in [0.25, 0.3) is 0 Å². The third kappa shape index (κ3) is 3.60. The van der Waals surface area contributed by atoms with Crippen molar-refractivity contribution in [1.29, 1.82) is 0 Å². The molecule has 0 bridgehead atoms. The summed E-state index contributed by atoms with van der Waals surface area (Å²) in [6.07, 6.45) is 11.3. The Morgan fingerprint density at radius 3 is 2.77 bits per heavy atom. The molecule has 2 aliphatic rings. The smallest absolute Gasteiger partial charge is 0.297 e. The van der Waals surface area contributed by atoms with E-state index in [4.69, 9.17) is 0 Å². The summed E-state index contributed by atoms with van der Waals surface area (Å²) in [4.78, 5) is 20.6. The molecule has 0 amide bonds. The van der Waals surface area contributed by atoms with E-state index < -0.39 is 0 Å². The summed E-state index contributed by atoms with van der Waals surface area (Å²) >= 11 is 0. The van der Waals surface area contributed by atoms with Gasteiger partial charge >= 0.3 is 5.69 Å². The Balaban J connectivity index is 1.41. The third-order valence-electron chi connectivity index (χ3n) is 7.01. The van der Waals surface area contributed by atoms with Crippen LogP contribution in [0.1, 0.15) is 55.8 Å². The van der Waals surface area contributed by atoms with Gasteiger partial charge in [0, 0.05) is 51.2 Å². The molecule has 160 valence electrons. The molecule has 4 heterocycles. The van der Waals surface area contributed by atoms with Crippen LogP contribution in [0, 0.1) is 12.8 Å². The van der Waals surface area contributed by atoms with Crippen LogP contribution >= 0.6 is 0 Å². The topological polar surface area (TPSA) is 60.9 Å². The van der Waals surface area contributed by atoms with Gasteiger partial charge in [-0.3, -0.25) is 18.7 Å². The first kappa shape index (κ1) is 19.5. The van der Waals surface area contributed by atoms with Gasteiger partial charge in [0.15, 0.2) is 5.65 Å². The van der Waals surface area contributed by atoms with Crippen LogP contribution in [0.2, 0.25) is 0 Å². The van der Waals surface area contributed by atoms with Gasteiger partial charge in [0.05, 0.1) is 17.3 Å². The summed E-state index contributed by atoms with van der Waals surface area (Å²) in [6, 6.07) is 4.20. The molecule has 1 aliphatic carbocycles. The van der Waals surface area contributed by atoms with E-state index in [-0.39, 0.29) is 11.7 Å². The molecule has 1 atom stereocenters. The number of fused-ring (bicyclic) bond motifs is 1. The van der Waals surface area contributed by atoms with Gasteiger partial charge in [0.1, 0.15) is 0 Å². The number of pyridine rings is 1. The first-order valence-corrected chi connectivity index (χ1v) is 11.4. The van der Waals surface area contributed by atoms with Crippen molar-refractivity contribution in [3.63, 3.8) is 0 Å². The minimum Gasteiger partial charge on any atom is -0.297 e. The highest BCUT2D eigenvalue weighted by atomic mass is 16.1. The van der Waals surface area contributed by atoms with E-state index >= 15 is 0 Å². The van der Waals surface area contributed by atoms with Crippen molar-refractivity contribution < 1.29 is 0 Å². The average molecular weight is 409 g/mol. The van der Waals surface area contributed by atoms with E-state index in [2.05, 4.69) is 34.2 Å².